The Hall–Kier alpha value is -3.18. The van der Waals surface area contributed by atoms with Crippen molar-refractivity contribution in [3.05, 3.63) is 88.3 Å². The van der Waals surface area contributed by atoms with Crippen molar-refractivity contribution in [2.75, 3.05) is 6.54 Å². The second-order valence-corrected chi connectivity index (χ2v) is 7.77. The summed E-state index contributed by atoms with van der Waals surface area (Å²) < 4.78 is 1.90. The number of para-hydroxylation sites is 1. The van der Waals surface area contributed by atoms with E-state index in [9.17, 15) is 4.79 Å². The first-order valence-corrected chi connectivity index (χ1v) is 10.3. The number of aromatic nitrogens is 3. The second-order valence-electron chi connectivity index (χ2n) is 7.34. The third kappa shape index (κ3) is 4.36. The fraction of sp³-hybridized carbons (Fsp3) is 0.208. The van der Waals surface area contributed by atoms with Gasteiger partial charge in [0.25, 0.3) is 5.91 Å². The zero-order valence-electron chi connectivity index (χ0n) is 17.0. The van der Waals surface area contributed by atoms with Gasteiger partial charge in [-0.3, -0.25) is 9.78 Å². The van der Waals surface area contributed by atoms with Crippen LogP contribution in [0.15, 0.2) is 60.8 Å². The first-order valence-electron chi connectivity index (χ1n) is 9.97. The third-order valence-electron chi connectivity index (χ3n) is 5.14. The molecule has 2 aromatic heterocycles. The molecule has 6 heteroatoms. The van der Waals surface area contributed by atoms with Crippen molar-refractivity contribution in [3.8, 4) is 5.69 Å². The summed E-state index contributed by atoms with van der Waals surface area (Å²) in [6.45, 7) is 4.45. The van der Waals surface area contributed by atoms with Crippen LogP contribution in [0, 0.1) is 13.8 Å². The molecule has 0 radical (unpaired) electrons. The molecule has 0 aliphatic heterocycles. The number of nitrogens with one attached hydrogen (secondary N) is 1. The van der Waals surface area contributed by atoms with Crippen LogP contribution in [0.3, 0.4) is 0 Å². The molecule has 1 amide bonds. The van der Waals surface area contributed by atoms with Gasteiger partial charge in [0.05, 0.1) is 28.2 Å². The van der Waals surface area contributed by atoms with Gasteiger partial charge in [0.2, 0.25) is 0 Å². The lowest BCUT2D eigenvalue weighted by atomic mass is 10.1. The summed E-state index contributed by atoms with van der Waals surface area (Å²) in [6, 6.07) is 17.4. The quantitative estimate of drug-likeness (QED) is 0.445. The summed E-state index contributed by atoms with van der Waals surface area (Å²) in [5.41, 5.74) is 5.36. The largest absolute Gasteiger partial charge is 0.352 e. The van der Waals surface area contributed by atoms with Crippen LogP contribution in [-0.2, 0) is 6.42 Å². The molecule has 2 aromatic carbocycles. The summed E-state index contributed by atoms with van der Waals surface area (Å²) >= 11 is 6.07. The number of nitrogens with zero attached hydrogens (tertiary/aromatic N) is 3. The number of halogens is 1. The van der Waals surface area contributed by atoms with Crippen LogP contribution in [-0.4, -0.2) is 27.2 Å². The lowest BCUT2D eigenvalue weighted by molar-refractivity contribution is 0.0952. The number of hydrogen-bond acceptors (Lipinski definition) is 3. The zero-order chi connectivity index (χ0) is 21.1. The SMILES string of the molecule is Cc1nn(-c2ccccc2)cc1CCCNC(=O)c1cc2cc(Cl)ccc2nc1C. The molecule has 1 N–H and O–H groups in total. The maximum absolute atomic E-state index is 12.7. The average Bonchev–Trinajstić information content (AvgIpc) is 3.12. The van der Waals surface area contributed by atoms with E-state index in [1.165, 1.54) is 5.56 Å². The van der Waals surface area contributed by atoms with Crippen molar-refractivity contribution in [1.29, 1.82) is 0 Å². The van der Waals surface area contributed by atoms with E-state index in [2.05, 4.69) is 21.6 Å². The predicted molar refractivity (Wildman–Crippen MR) is 120 cm³/mol. The standard InChI is InChI=1S/C24H23ClN4O/c1-16-18(15-29(28-16)21-8-4-3-5-9-21)7-6-12-26-24(30)22-14-19-13-20(25)10-11-23(19)27-17(22)2/h3-5,8-11,13-15H,6-7,12H2,1-2H3,(H,26,30). The average molecular weight is 419 g/mol. The molecule has 5 nitrogen and oxygen atoms in total. The minimum atomic E-state index is -0.112. The third-order valence-corrected chi connectivity index (χ3v) is 5.38. The monoisotopic (exact) mass is 418 g/mol. The van der Waals surface area contributed by atoms with Crippen molar-refractivity contribution < 1.29 is 4.79 Å². The molecule has 0 fully saturated rings. The number of carbonyl (C=O) groups is 1. The van der Waals surface area contributed by atoms with Crippen LogP contribution in [0.25, 0.3) is 16.6 Å². The lowest BCUT2D eigenvalue weighted by Crippen LogP contribution is -2.25. The highest BCUT2D eigenvalue weighted by molar-refractivity contribution is 6.31. The van der Waals surface area contributed by atoms with E-state index in [1.807, 2.05) is 67.1 Å². The molecule has 2 heterocycles. The van der Waals surface area contributed by atoms with Crippen molar-refractivity contribution in [2.24, 2.45) is 0 Å². The van der Waals surface area contributed by atoms with Crippen LogP contribution < -0.4 is 5.32 Å². The first kappa shape index (κ1) is 20.1. The molecule has 0 saturated heterocycles. The highest BCUT2D eigenvalue weighted by atomic mass is 35.5. The fourth-order valence-electron chi connectivity index (χ4n) is 3.50. The summed E-state index contributed by atoms with van der Waals surface area (Å²) in [6.07, 6.45) is 3.75. The topological polar surface area (TPSA) is 59.8 Å². The van der Waals surface area contributed by atoms with E-state index in [0.717, 1.165) is 35.1 Å². The molecular formula is C24H23ClN4O. The molecule has 0 spiro atoms. The van der Waals surface area contributed by atoms with Crippen molar-refractivity contribution in [2.45, 2.75) is 26.7 Å². The summed E-state index contributed by atoms with van der Waals surface area (Å²) in [5, 5.41) is 9.10. The van der Waals surface area contributed by atoms with Gasteiger partial charge in [0.15, 0.2) is 0 Å². The molecule has 0 aliphatic carbocycles. The molecule has 152 valence electrons. The molecule has 4 rings (SSSR count). The second kappa shape index (κ2) is 8.67. The van der Waals surface area contributed by atoms with E-state index in [-0.39, 0.29) is 5.91 Å². The maximum Gasteiger partial charge on any atom is 0.253 e. The van der Waals surface area contributed by atoms with Crippen LogP contribution >= 0.6 is 11.6 Å². The Morgan fingerprint density at radius 2 is 1.87 bits per heavy atom. The van der Waals surface area contributed by atoms with Crippen LogP contribution in [0.5, 0.6) is 0 Å². The molecule has 0 aliphatic rings. The molecule has 0 bridgehead atoms. The maximum atomic E-state index is 12.7. The minimum Gasteiger partial charge on any atom is -0.352 e. The normalized spacial score (nSPS) is 11.0. The van der Waals surface area contributed by atoms with Gasteiger partial charge < -0.3 is 5.32 Å². The van der Waals surface area contributed by atoms with Gasteiger partial charge in [-0.2, -0.15) is 5.10 Å². The van der Waals surface area contributed by atoms with Crippen LogP contribution in [0.1, 0.15) is 33.7 Å². The summed E-state index contributed by atoms with van der Waals surface area (Å²) in [4.78, 5) is 17.2. The van der Waals surface area contributed by atoms with E-state index < -0.39 is 0 Å². The summed E-state index contributed by atoms with van der Waals surface area (Å²) in [5.74, 6) is -0.112. The molecule has 0 unspecified atom stereocenters. The smallest absolute Gasteiger partial charge is 0.253 e. The number of aryl methyl sites for hydroxylation is 3. The zero-order valence-corrected chi connectivity index (χ0v) is 17.8. The van der Waals surface area contributed by atoms with Gasteiger partial charge in [0.1, 0.15) is 0 Å². The highest BCUT2D eigenvalue weighted by Gasteiger charge is 2.12. The van der Waals surface area contributed by atoms with E-state index in [0.29, 0.717) is 22.8 Å². The Kier molecular flexibility index (Phi) is 5.81. The van der Waals surface area contributed by atoms with Gasteiger partial charge in [0, 0.05) is 23.2 Å². The van der Waals surface area contributed by atoms with Crippen LogP contribution in [0.4, 0.5) is 0 Å². The lowest BCUT2D eigenvalue weighted by Gasteiger charge is -2.09. The number of rotatable bonds is 6. The van der Waals surface area contributed by atoms with E-state index >= 15 is 0 Å². The van der Waals surface area contributed by atoms with Gasteiger partial charge >= 0.3 is 0 Å². The number of pyridine rings is 1. The molecular weight excluding hydrogens is 396 g/mol. The predicted octanol–water partition coefficient (Wildman–Crippen LogP) is 5.05. The Morgan fingerprint density at radius 1 is 1.07 bits per heavy atom. The minimum absolute atomic E-state index is 0.112. The van der Waals surface area contributed by atoms with Crippen molar-refractivity contribution in [1.82, 2.24) is 20.1 Å². The Morgan fingerprint density at radius 3 is 2.67 bits per heavy atom. The molecule has 4 aromatic rings. The molecule has 0 saturated carbocycles. The van der Waals surface area contributed by atoms with E-state index in [4.69, 9.17) is 11.6 Å². The Balaban J connectivity index is 1.37. The van der Waals surface area contributed by atoms with Gasteiger partial charge in [-0.05, 0) is 68.7 Å². The Labute approximate surface area is 180 Å². The number of amides is 1. The summed E-state index contributed by atoms with van der Waals surface area (Å²) in [7, 11) is 0. The van der Waals surface area contributed by atoms with E-state index in [1.54, 1.807) is 6.07 Å². The number of carbonyl (C=O) groups excluding carboxylic acids is 1. The highest BCUT2D eigenvalue weighted by Crippen LogP contribution is 2.21. The number of benzene rings is 2. The Bertz CT molecular complexity index is 1200. The number of fused-ring (bicyclic) bond motifs is 1. The van der Waals surface area contributed by atoms with Crippen LogP contribution in [0.2, 0.25) is 5.02 Å². The first-order chi connectivity index (χ1) is 14.5. The fourth-order valence-corrected chi connectivity index (χ4v) is 3.68. The van der Waals surface area contributed by atoms with Crippen molar-refractivity contribution >= 4 is 28.4 Å². The number of hydrogen-bond donors (Lipinski definition) is 1. The molecule has 0 atom stereocenters. The van der Waals surface area contributed by atoms with Gasteiger partial charge in [-0.25, -0.2) is 4.68 Å². The van der Waals surface area contributed by atoms with Gasteiger partial charge in [-0.15, -0.1) is 0 Å². The van der Waals surface area contributed by atoms with Gasteiger partial charge in [-0.1, -0.05) is 29.8 Å². The molecule has 30 heavy (non-hydrogen) atoms. The van der Waals surface area contributed by atoms with Crippen molar-refractivity contribution in [3.63, 3.8) is 0 Å².